The second kappa shape index (κ2) is 2.72. The minimum Gasteiger partial charge on any atom is -0.254 e. The highest BCUT2D eigenvalue weighted by Crippen LogP contribution is 2.05. The van der Waals surface area contributed by atoms with Crippen molar-refractivity contribution < 1.29 is 13.2 Å². The first-order valence-electron chi connectivity index (χ1n) is 1.73. The molecule has 0 fully saturated rings. The van der Waals surface area contributed by atoms with Crippen LogP contribution in [0, 0.1) is 0 Å². The lowest BCUT2D eigenvalue weighted by Crippen LogP contribution is -2.24. The Kier molecular flexibility index (Phi) is 2.72. The Balaban J connectivity index is 4.43. The van der Waals surface area contributed by atoms with Crippen LogP contribution in [0.15, 0.2) is 0 Å². The van der Waals surface area contributed by atoms with Gasteiger partial charge in [0.25, 0.3) is 0 Å². The van der Waals surface area contributed by atoms with Gasteiger partial charge < -0.3 is 0 Å². The van der Waals surface area contributed by atoms with Gasteiger partial charge in [0.15, 0.2) is 0 Å². The van der Waals surface area contributed by atoms with E-state index >= 15 is 0 Å². The first-order valence-corrected chi connectivity index (χ1v) is 4.38. The molecule has 0 aromatic rings. The van der Waals surface area contributed by atoms with Crippen molar-refractivity contribution in [2.75, 3.05) is 7.05 Å². The van der Waals surface area contributed by atoms with Crippen LogP contribution in [-0.4, -0.2) is 25.1 Å². The summed E-state index contributed by atoms with van der Waals surface area (Å²) in [5, 5.41) is -1.13. The minimum absolute atomic E-state index is 0.218. The molecule has 0 radical (unpaired) electrons. The van der Waals surface area contributed by atoms with E-state index in [1.165, 1.54) is 0 Å². The third-order valence-electron chi connectivity index (χ3n) is 0.575. The zero-order valence-corrected chi connectivity index (χ0v) is 6.66. The van der Waals surface area contributed by atoms with Gasteiger partial charge in [0.2, 0.25) is 0 Å². The third-order valence-corrected chi connectivity index (χ3v) is 2.37. The van der Waals surface area contributed by atoms with Crippen LogP contribution in [0.3, 0.4) is 0 Å². The Hall–Kier alpha value is -0.000000000000000111. The number of carbonyl (C=O) groups excluding carboxylic acids is 1. The van der Waals surface area contributed by atoms with Crippen LogP contribution >= 0.6 is 22.3 Å². The van der Waals surface area contributed by atoms with E-state index in [-0.39, 0.29) is 4.31 Å². The van der Waals surface area contributed by atoms with Crippen molar-refractivity contribution in [1.82, 2.24) is 4.31 Å². The van der Waals surface area contributed by atoms with E-state index in [4.69, 9.17) is 11.6 Å². The fourth-order valence-electron chi connectivity index (χ4n) is 0.0857. The molecule has 0 aliphatic rings. The lowest BCUT2D eigenvalue weighted by Gasteiger charge is -2.05. The van der Waals surface area contributed by atoms with Crippen LogP contribution < -0.4 is 0 Å². The molecule has 0 saturated carbocycles. The van der Waals surface area contributed by atoms with E-state index < -0.39 is 14.6 Å². The number of halogens is 2. The molecule has 0 spiro atoms. The van der Waals surface area contributed by atoms with Crippen LogP contribution in [0.2, 0.25) is 0 Å². The molecule has 0 bridgehead atoms. The maximum atomic E-state index is 10.2. The summed E-state index contributed by atoms with van der Waals surface area (Å²) in [4.78, 5) is 10.0. The molecule has 7 heteroatoms. The molecule has 0 heterocycles. The number of nitrogens with zero attached hydrogens (tertiary/aromatic N) is 1. The molecule has 54 valence electrons. The summed E-state index contributed by atoms with van der Waals surface area (Å²) >= 11 is 4.74. The topological polar surface area (TPSA) is 54.5 Å². The summed E-state index contributed by atoms with van der Waals surface area (Å²) in [6.07, 6.45) is 0. The molecule has 9 heavy (non-hydrogen) atoms. The van der Waals surface area contributed by atoms with Gasteiger partial charge in [-0.3, -0.25) is 4.79 Å². The monoisotopic (exact) mass is 191 g/mol. The van der Waals surface area contributed by atoms with Gasteiger partial charge in [-0.05, 0) is 11.6 Å². The van der Waals surface area contributed by atoms with E-state index in [1.54, 1.807) is 0 Å². The van der Waals surface area contributed by atoms with Crippen LogP contribution in [0.1, 0.15) is 0 Å². The molecule has 4 nitrogen and oxygen atoms in total. The predicted molar refractivity (Wildman–Crippen MR) is 33.8 cm³/mol. The van der Waals surface area contributed by atoms with Gasteiger partial charge in [-0.1, -0.05) is 0 Å². The number of hydrogen-bond donors (Lipinski definition) is 0. The molecule has 0 saturated heterocycles. The smallest absolute Gasteiger partial charge is 0.254 e. The lowest BCUT2D eigenvalue weighted by atomic mass is 11.2. The quantitative estimate of drug-likeness (QED) is 0.455. The molecule has 1 amide bonds. The molecule has 0 aliphatic carbocycles. The SMILES string of the molecule is CN(C(=O)Cl)S(=O)(=O)Cl. The van der Waals surface area contributed by atoms with Crippen LogP contribution in [0.4, 0.5) is 4.79 Å². The van der Waals surface area contributed by atoms with Gasteiger partial charge >= 0.3 is 14.6 Å². The molecule has 0 rings (SSSR count). The van der Waals surface area contributed by atoms with E-state index in [1.807, 2.05) is 0 Å². The van der Waals surface area contributed by atoms with E-state index in [2.05, 4.69) is 10.7 Å². The first kappa shape index (κ1) is 9.00. The van der Waals surface area contributed by atoms with E-state index in [0.29, 0.717) is 0 Å². The second-order valence-electron chi connectivity index (χ2n) is 1.16. The predicted octanol–water partition coefficient (Wildman–Crippen LogP) is 0.761. The highest BCUT2D eigenvalue weighted by molar-refractivity contribution is 8.12. The number of amides is 1. The molecular formula is C2H3Cl2NO3S. The molecule has 0 aromatic carbocycles. The summed E-state index contributed by atoms with van der Waals surface area (Å²) in [5.74, 6) is 0. The van der Waals surface area contributed by atoms with Gasteiger partial charge in [0, 0.05) is 17.7 Å². The number of carbonyl (C=O) groups is 1. The molecular weight excluding hydrogens is 189 g/mol. The van der Waals surface area contributed by atoms with Crippen molar-refractivity contribution in [1.29, 1.82) is 0 Å². The zero-order chi connectivity index (χ0) is 7.65. The Morgan fingerprint density at radius 2 is 1.89 bits per heavy atom. The first-order chi connectivity index (χ1) is 3.85. The van der Waals surface area contributed by atoms with Crippen LogP contribution in [0.5, 0.6) is 0 Å². The van der Waals surface area contributed by atoms with Gasteiger partial charge in [-0.25, -0.2) is 4.31 Å². The van der Waals surface area contributed by atoms with Crippen molar-refractivity contribution in [3.8, 4) is 0 Å². The molecule has 0 aliphatic heterocycles. The number of hydrogen-bond acceptors (Lipinski definition) is 3. The normalized spacial score (nSPS) is 11.0. The Labute approximate surface area is 61.9 Å². The molecule has 0 aromatic heterocycles. The van der Waals surface area contributed by atoms with Gasteiger partial charge in [-0.2, -0.15) is 8.42 Å². The average molecular weight is 192 g/mol. The Bertz CT molecular complexity index is 210. The summed E-state index contributed by atoms with van der Waals surface area (Å²) in [6, 6.07) is 0. The standard InChI is InChI=1S/C2H3Cl2NO3S/c1-5(2(3)6)9(4,7)8/h1H3. The Morgan fingerprint density at radius 1 is 1.56 bits per heavy atom. The fraction of sp³-hybridized carbons (Fsp3) is 0.500. The molecule has 0 N–H and O–H groups in total. The van der Waals surface area contributed by atoms with Crippen molar-refractivity contribution in [2.24, 2.45) is 0 Å². The van der Waals surface area contributed by atoms with E-state index in [9.17, 15) is 13.2 Å². The minimum atomic E-state index is -3.98. The van der Waals surface area contributed by atoms with E-state index in [0.717, 1.165) is 7.05 Å². The van der Waals surface area contributed by atoms with Gasteiger partial charge in [-0.15, -0.1) is 0 Å². The van der Waals surface area contributed by atoms with Crippen molar-refractivity contribution in [2.45, 2.75) is 0 Å². The zero-order valence-electron chi connectivity index (χ0n) is 4.34. The highest BCUT2D eigenvalue weighted by Gasteiger charge is 2.17. The van der Waals surface area contributed by atoms with Gasteiger partial charge in [0.05, 0.1) is 0 Å². The number of rotatable bonds is 1. The summed E-state index contributed by atoms with van der Waals surface area (Å²) in [5.41, 5.74) is 0. The lowest BCUT2D eigenvalue weighted by molar-refractivity contribution is 0.249. The van der Waals surface area contributed by atoms with Crippen LogP contribution in [0.25, 0.3) is 0 Å². The maximum absolute atomic E-state index is 10.2. The second-order valence-corrected chi connectivity index (χ2v) is 4.03. The summed E-state index contributed by atoms with van der Waals surface area (Å²) in [7, 11) is 1.65. The summed E-state index contributed by atoms with van der Waals surface area (Å²) in [6.45, 7) is 0. The third kappa shape index (κ3) is 2.88. The Morgan fingerprint density at radius 3 is 1.89 bits per heavy atom. The van der Waals surface area contributed by atoms with Crippen LogP contribution in [-0.2, 0) is 9.24 Å². The van der Waals surface area contributed by atoms with Gasteiger partial charge in [0.1, 0.15) is 0 Å². The van der Waals surface area contributed by atoms with Crippen molar-refractivity contribution >= 4 is 36.9 Å². The summed E-state index contributed by atoms with van der Waals surface area (Å²) < 4.78 is 20.5. The van der Waals surface area contributed by atoms with Crippen molar-refractivity contribution in [3.05, 3.63) is 0 Å². The molecule has 0 unspecified atom stereocenters. The molecule has 0 atom stereocenters. The highest BCUT2D eigenvalue weighted by atomic mass is 35.7. The largest absolute Gasteiger partial charge is 0.330 e. The maximum Gasteiger partial charge on any atom is 0.330 e. The fourth-order valence-corrected chi connectivity index (χ4v) is 0.824. The average Bonchev–Trinajstić information content (AvgIpc) is 1.62. The van der Waals surface area contributed by atoms with Crippen molar-refractivity contribution in [3.63, 3.8) is 0 Å².